The lowest BCUT2D eigenvalue weighted by Gasteiger charge is -2.03. The zero-order chi connectivity index (χ0) is 17.1. The van der Waals surface area contributed by atoms with Crippen LogP contribution in [0, 0.1) is 0 Å². The fourth-order valence-electron chi connectivity index (χ4n) is 2.07. The number of hydrogen-bond donors (Lipinski definition) is 1. The number of rotatable bonds is 5. The van der Waals surface area contributed by atoms with Crippen molar-refractivity contribution < 1.29 is 18.3 Å². The molecule has 3 rings (SSSR count). The Kier molecular flexibility index (Phi) is 4.96. The highest BCUT2D eigenvalue weighted by atomic mass is 32.2. The first-order valence-corrected chi connectivity index (χ1v) is 8.55. The van der Waals surface area contributed by atoms with Crippen LogP contribution in [0.1, 0.15) is 10.4 Å². The number of thioether (sulfide) groups is 1. The lowest BCUT2D eigenvalue weighted by molar-refractivity contribution is 0.102. The van der Waals surface area contributed by atoms with Crippen molar-refractivity contribution in [2.24, 2.45) is 0 Å². The van der Waals surface area contributed by atoms with Crippen LogP contribution >= 0.6 is 23.1 Å². The van der Waals surface area contributed by atoms with Crippen LogP contribution in [-0.4, -0.2) is 23.8 Å². The summed E-state index contributed by atoms with van der Waals surface area (Å²) >= 11 is 1.72. The van der Waals surface area contributed by atoms with Gasteiger partial charge in [0.05, 0.1) is 17.3 Å². The van der Waals surface area contributed by atoms with E-state index in [1.165, 1.54) is 18.4 Å². The van der Waals surface area contributed by atoms with Crippen molar-refractivity contribution in [3.63, 3.8) is 0 Å². The van der Waals surface area contributed by atoms with Crippen molar-refractivity contribution in [2.45, 2.75) is 10.7 Å². The molecule has 0 aliphatic heterocycles. The summed E-state index contributed by atoms with van der Waals surface area (Å²) < 4.78 is 30.7. The second-order valence-electron chi connectivity index (χ2n) is 4.71. The van der Waals surface area contributed by atoms with E-state index >= 15 is 0 Å². The molecule has 0 saturated heterocycles. The van der Waals surface area contributed by atoms with Crippen LogP contribution in [0.15, 0.2) is 47.4 Å². The molecule has 0 radical (unpaired) electrons. The summed E-state index contributed by atoms with van der Waals surface area (Å²) in [6.45, 7) is 0. The second kappa shape index (κ2) is 7.14. The van der Waals surface area contributed by atoms with Gasteiger partial charge in [0.25, 0.3) is 11.7 Å². The Morgan fingerprint density at radius 2 is 2.12 bits per heavy atom. The van der Waals surface area contributed by atoms with Gasteiger partial charge in [0.2, 0.25) is 0 Å². The Hall–Kier alpha value is -2.19. The number of ether oxygens (including phenoxy) is 1. The van der Waals surface area contributed by atoms with Gasteiger partial charge >= 0.3 is 0 Å². The molecule has 0 atom stereocenters. The van der Waals surface area contributed by atoms with E-state index in [2.05, 4.69) is 10.3 Å². The van der Waals surface area contributed by atoms with Crippen molar-refractivity contribution in [1.82, 2.24) is 4.98 Å². The minimum atomic E-state index is -2.47. The summed E-state index contributed by atoms with van der Waals surface area (Å²) in [4.78, 5) is 17.0. The van der Waals surface area contributed by atoms with Gasteiger partial charge in [0, 0.05) is 10.5 Å². The molecule has 0 unspecified atom stereocenters. The first-order valence-electron chi connectivity index (χ1n) is 6.86. The molecule has 0 bridgehead atoms. The first-order chi connectivity index (χ1) is 11.5. The average Bonchev–Trinajstić information content (AvgIpc) is 2.95. The fraction of sp³-hybridized carbons (Fsp3) is 0.125. The number of methoxy groups -OCH3 is 1. The van der Waals surface area contributed by atoms with Crippen molar-refractivity contribution >= 4 is 44.4 Å². The molecule has 1 amide bonds. The molecular weight excluding hydrogens is 354 g/mol. The number of aromatic nitrogens is 1. The van der Waals surface area contributed by atoms with Crippen molar-refractivity contribution in [1.29, 1.82) is 0 Å². The summed E-state index contributed by atoms with van der Waals surface area (Å²) in [5.41, 5.74) is 1.10. The van der Waals surface area contributed by atoms with Gasteiger partial charge in [-0.2, -0.15) is 8.78 Å². The monoisotopic (exact) mass is 366 g/mol. The normalized spacial score (nSPS) is 11.0. The SMILES string of the molecule is COc1cccc(C(=O)Nc2nc3ccc(SC(F)F)cc3s2)c1. The Bertz CT molecular complexity index is 883. The topological polar surface area (TPSA) is 51.2 Å². The van der Waals surface area contributed by atoms with Gasteiger partial charge in [-0.1, -0.05) is 29.2 Å². The van der Waals surface area contributed by atoms with Crippen molar-refractivity contribution in [3.8, 4) is 5.75 Å². The molecule has 1 heterocycles. The summed E-state index contributed by atoms with van der Waals surface area (Å²) in [5.74, 6) is -2.20. The summed E-state index contributed by atoms with van der Waals surface area (Å²) in [6, 6.07) is 11.7. The van der Waals surface area contributed by atoms with Gasteiger partial charge in [-0.3, -0.25) is 10.1 Å². The third-order valence-electron chi connectivity index (χ3n) is 3.14. The molecule has 0 fully saturated rings. The summed E-state index contributed by atoms with van der Waals surface area (Å²) in [5, 5.41) is 3.13. The number of fused-ring (bicyclic) bond motifs is 1. The summed E-state index contributed by atoms with van der Waals surface area (Å²) in [7, 11) is 1.53. The van der Waals surface area contributed by atoms with Crippen molar-refractivity contribution in [2.75, 3.05) is 12.4 Å². The maximum absolute atomic E-state index is 12.4. The number of benzene rings is 2. The van der Waals surface area contributed by atoms with Crippen LogP contribution in [0.5, 0.6) is 5.75 Å². The number of halogens is 2. The highest BCUT2D eigenvalue weighted by Crippen LogP contribution is 2.32. The number of carbonyl (C=O) groups is 1. The van der Waals surface area contributed by atoms with Gasteiger partial charge in [-0.15, -0.1) is 0 Å². The molecule has 24 heavy (non-hydrogen) atoms. The molecule has 0 saturated carbocycles. The number of anilines is 1. The van der Waals surface area contributed by atoms with E-state index in [4.69, 9.17) is 4.74 Å². The van der Waals surface area contributed by atoms with E-state index in [1.807, 2.05) is 0 Å². The number of amides is 1. The van der Waals surface area contributed by atoms with Gasteiger partial charge in [0.1, 0.15) is 5.75 Å². The van der Waals surface area contributed by atoms with Crippen molar-refractivity contribution in [3.05, 3.63) is 48.0 Å². The van der Waals surface area contributed by atoms with E-state index in [1.54, 1.807) is 42.5 Å². The number of nitrogens with one attached hydrogen (secondary N) is 1. The zero-order valence-electron chi connectivity index (χ0n) is 12.5. The quantitative estimate of drug-likeness (QED) is 0.655. The third kappa shape index (κ3) is 3.82. The number of alkyl halides is 2. The van der Waals surface area contributed by atoms with E-state index in [0.29, 0.717) is 38.6 Å². The second-order valence-corrected chi connectivity index (χ2v) is 6.81. The predicted molar refractivity (Wildman–Crippen MR) is 92.4 cm³/mol. The first kappa shape index (κ1) is 16.7. The number of hydrogen-bond acceptors (Lipinski definition) is 5. The molecule has 0 spiro atoms. The Morgan fingerprint density at radius 3 is 2.88 bits per heavy atom. The maximum atomic E-state index is 12.4. The minimum Gasteiger partial charge on any atom is -0.497 e. The Balaban J connectivity index is 1.80. The smallest absolute Gasteiger partial charge is 0.288 e. The van der Waals surface area contributed by atoms with Crippen LogP contribution in [0.4, 0.5) is 13.9 Å². The standard InChI is InChI=1S/C16H12F2N2O2S2/c1-22-10-4-2-3-9(7-10)14(21)20-16-19-12-6-5-11(23-15(17)18)8-13(12)24-16/h2-8,15H,1H3,(H,19,20,21). The molecule has 8 heteroatoms. The van der Waals surface area contributed by atoms with Crippen LogP contribution < -0.4 is 10.1 Å². The molecule has 4 nitrogen and oxygen atoms in total. The van der Waals surface area contributed by atoms with Crippen LogP contribution in [0.3, 0.4) is 0 Å². The van der Waals surface area contributed by atoms with Crippen LogP contribution in [-0.2, 0) is 0 Å². The molecule has 3 aromatic rings. The summed E-state index contributed by atoms with van der Waals surface area (Å²) in [6.07, 6.45) is 0. The van der Waals surface area contributed by atoms with E-state index in [9.17, 15) is 13.6 Å². The Morgan fingerprint density at radius 1 is 1.29 bits per heavy atom. The molecular formula is C16H12F2N2O2S2. The highest BCUT2D eigenvalue weighted by molar-refractivity contribution is 7.99. The van der Waals surface area contributed by atoms with Crippen LogP contribution in [0.25, 0.3) is 10.2 Å². The predicted octanol–water partition coefficient (Wildman–Crippen LogP) is 4.87. The van der Waals surface area contributed by atoms with E-state index in [-0.39, 0.29) is 5.91 Å². The van der Waals surface area contributed by atoms with Gasteiger partial charge in [0.15, 0.2) is 5.13 Å². The number of carbonyl (C=O) groups excluding carboxylic acids is 1. The molecule has 2 aromatic carbocycles. The third-order valence-corrected chi connectivity index (χ3v) is 4.78. The zero-order valence-corrected chi connectivity index (χ0v) is 14.1. The number of nitrogens with zero attached hydrogens (tertiary/aromatic N) is 1. The molecule has 0 aliphatic carbocycles. The lowest BCUT2D eigenvalue weighted by Crippen LogP contribution is -2.11. The molecule has 124 valence electrons. The Labute approximate surface area is 144 Å². The van der Waals surface area contributed by atoms with Gasteiger partial charge in [-0.25, -0.2) is 4.98 Å². The highest BCUT2D eigenvalue weighted by Gasteiger charge is 2.12. The number of thiazole rings is 1. The van der Waals surface area contributed by atoms with E-state index < -0.39 is 5.76 Å². The van der Waals surface area contributed by atoms with Gasteiger partial charge < -0.3 is 4.74 Å². The minimum absolute atomic E-state index is 0.310. The molecule has 1 N–H and O–H groups in total. The maximum Gasteiger partial charge on any atom is 0.288 e. The van der Waals surface area contributed by atoms with Gasteiger partial charge in [-0.05, 0) is 36.4 Å². The molecule has 1 aromatic heterocycles. The van der Waals surface area contributed by atoms with Crippen LogP contribution in [0.2, 0.25) is 0 Å². The lowest BCUT2D eigenvalue weighted by atomic mass is 10.2. The average molecular weight is 366 g/mol. The van der Waals surface area contributed by atoms with E-state index in [0.717, 1.165) is 4.70 Å². The largest absolute Gasteiger partial charge is 0.497 e. The fourth-order valence-corrected chi connectivity index (χ4v) is 3.58. The molecule has 0 aliphatic rings.